The van der Waals surface area contributed by atoms with Crippen LogP contribution >= 0.6 is 27.3 Å². The number of aryl methyl sites for hydroxylation is 1. The Morgan fingerprint density at radius 2 is 1.85 bits per heavy atom. The highest BCUT2D eigenvalue weighted by Crippen LogP contribution is 2.28. The van der Waals surface area contributed by atoms with Gasteiger partial charge in [0.1, 0.15) is 11.0 Å². The van der Waals surface area contributed by atoms with E-state index in [4.69, 9.17) is 0 Å². The molecule has 0 aliphatic heterocycles. The van der Waals surface area contributed by atoms with Gasteiger partial charge in [-0.05, 0) is 48.6 Å². The van der Waals surface area contributed by atoms with Crippen LogP contribution in [0, 0.1) is 5.92 Å². The van der Waals surface area contributed by atoms with Crippen molar-refractivity contribution in [2.75, 3.05) is 5.32 Å². The van der Waals surface area contributed by atoms with Crippen LogP contribution < -0.4 is 10.6 Å². The monoisotopic (exact) mass is 528 g/mol. The average Bonchev–Trinajstić information content (AvgIpc) is 3.29. The van der Waals surface area contributed by atoms with E-state index < -0.39 is 6.04 Å². The van der Waals surface area contributed by atoms with E-state index in [0.29, 0.717) is 15.7 Å². The predicted octanol–water partition coefficient (Wildman–Crippen LogP) is 6.09. The normalized spacial score (nSPS) is 12.7. The van der Waals surface area contributed by atoms with Crippen molar-refractivity contribution in [3.8, 4) is 10.6 Å². The van der Waals surface area contributed by atoms with Crippen molar-refractivity contribution in [3.05, 3.63) is 64.1 Å². The van der Waals surface area contributed by atoms with Crippen molar-refractivity contribution in [1.29, 1.82) is 0 Å². The fourth-order valence-electron chi connectivity index (χ4n) is 3.33. The first kappa shape index (κ1) is 25.1. The Kier molecular flexibility index (Phi) is 9.14. The number of benzene rings is 2. The molecular weight excluding hydrogens is 500 g/mol. The third-order valence-electron chi connectivity index (χ3n) is 5.54. The molecule has 174 valence electrons. The SMILES string of the molecule is CCCCc1ccc(C(=O)NC(C(=O)Nc2nnc(-c3cccc(Br)c3)s2)C(C)CC)cc1. The third kappa shape index (κ3) is 6.95. The van der Waals surface area contributed by atoms with Gasteiger partial charge in [-0.3, -0.25) is 14.9 Å². The van der Waals surface area contributed by atoms with Gasteiger partial charge in [-0.15, -0.1) is 10.2 Å². The lowest BCUT2D eigenvalue weighted by molar-refractivity contribution is -0.119. The van der Waals surface area contributed by atoms with Crippen molar-refractivity contribution in [1.82, 2.24) is 15.5 Å². The van der Waals surface area contributed by atoms with Gasteiger partial charge in [0.15, 0.2) is 0 Å². The molecule has 6 nitrogen and oxygen atoms in total. The minimum absolute atomic E-state index is 0.0461. The van der Waals surface area contributed by atoms with E-state index in [1.54, 1.807) is 0 Å². The molecule has 2 amide bonds. The van der Waals surface area contributed by atoms with Gasteiger partial charge in [0.2, 0.25) is 11.0 Å². The van der Waals surface area contributed by atoms with Crippen LogP contribution in [0.4, 0.5) is 5.13 Å². The molecule has 0 spiro atoms. The summed E-state index contributed by atoms with van der Waals surface area (Å²) >= 11 is 4.75. The zero-order chi connectivity index (χ0) is 23.8. The van der Waals surface area contributed by atoms with Crippen molar-refractivity contribution in [2.45, 2.75) is 52.5 Å². The molecule has 3 aromatic rings. The summed E-state index contributed by atoms with van der Waals surface area (Å²) in [6.07, 6.45) is 4.00. The van der Waals surface area contributed by atoms with Crippen LogP contribution in [-0.2, 0) is 11.2 Å². The summed E-state index contributed by atoms with van der Waals surface area (Å²) in [5.41, 5.74) is 2.67. The summed E-state index contributed by atoms with van der Waals surface area (Å²) in [5, 5.41) is 15.1. The lowest BCUT2D eigenvalue weighted by atomic mass is 9.97. The number of aromatic nitrogens is 2. The van der Waals surface area contributed by atoms with Gasteiger partial charge < -0.3 is 5.32 Å². The molecule has 0 aliphatic rings. The Hall–Kier alpha value is -2.58. The fraction of sp³-hybridized carbons (Fsp3) is 0.360. The maximum absolute atomic E-state index is 13.1. The molecule has 33 heavy (non-hydrogen) atoms. The molecule has 8 heteroatoms. The molecule has 3 rings (SSSR count). The van der Waals surface area contributed by atoms with Crippen LogP contribution in [0.25, 0.3) is 10.6 Å². The number of hydrogen-bond donors (Lipinski definition) is 2. The zero-order valence-corrected chi connectivity index (χ0v) is 21.5. The second-order valence-corrected chi connectivity index (χ2v) is 9.94. The van der Waals surface area contributed by atoms with Crippen LogP contribution in [0.5, 0.6) is 0 Å². The van der Waals surface area contributed by atoms with Crippen LogP contribution in [0.3, 0.4) is 0 Å². The van der Waals surface area contributed by atoms with Gasteiger partial charge in [-0.25, -0.2) is 0 Å². The number of rotatable bonds is 10. The molecule has 2 unspecified atom stereocenters. The number of anilines is 1. The number of halogens is 1. The van der Waals surface area contributed by atoms with E-state index in [1.807, 2.05) is 62.4 Å². The van der Waals surface area contributed by atoms with E-state index in [2.05, 4.69) is 43.7 Å². The lowest BCUT2D eigenvalue weighted by Gasteiger charge is -2.23. The van der Waals surface area contributed by atoms with Gasteiger partial charge in [-0.2, -0.15) is 0 Å². The summed E-state index contributed by atoms with van der Waals surface area (Å²) in [6, 6.07) is 14.7. The number of carbonyl (C=O) groups is 2. The Bertz CT molecular complexity index is 1080. The molecule has 1 heterocycles. The predicted molar refractivity (Wildman–Crippen MR) is 137 cm³/mol. The summed E-state index contributed by atoms with van der Waals surface area (Å²) in [6.45, 7) is 6.10. The highest BCUT2D eigenvalue weighted by molar-refractivity contribution is 9.10. The van der Waals surface area contributed by atoms with E-state index >= 15 is 0 Å². The van der Waals surface area contributed by atoms with E-state index in [9.17, 15) is 9.59 Å². The maximum Gasteiger partial charge on any atom is 0.251 e. The first-order valence-corrected chi connectivity index (χ1v) is 12.8. The quantitative estimate of drug-likeness (QED) is 0.333. The number of amides is 2. The first-order valence-electron chi connectivity index (χ1n) is 11.2. The van der Waals surface area contributed by atoms with E-state index in [0.717, 1.165) is 35.7 Å². The fourth-order valence-corrected chi connectivity index (χ4v) is 4.47. The lowest BCUT2D eigenvalue weighted by Crippen LogP contribution is -2.47. The van der Waals surface area contributed by atoms with Gasteiger partial charge >= 0.3 is 0 Å². The van der Waals surface area contributed by atoms with Crippen molar-refractivity contribution >= 4 is 44.2 Å². The standard InChI is InChI=1S/C25H29BrN4O2S/c1-4-6-8-17-11-13-18(14-12-17)22(31)27-21(16(3)5-2)23(32)28-25-30-29-24(33-25)19-9-7-10-20(26)15-19/h7,9-16,21H,4-6,8H2,1-3H3,(H,27,31)(H,28,30,32). The van der Waals surface area contributed by atoms with Gasteiger partial charge in [0, 0.05) is 15.6 Å². The van der Waals surface area contributed by atoms with Crippen molar-refractivity contribution in [2.24, 2.45) is 5.92 Å². The molecule has 0 saturated heterocycles. The van der Waals surface area contributed by atoms with Crippen molar-refractivity contribution in [3.63, 3.8) is 0 Å². The molecule has 0 fully saturated rings. The van der Waals surface area contributed by atoms with E-state index in [1.165, 1.54) is 16.9 Å². The number of nitrogens with one attached hydrogen (secondary N) is 2. The number of hydrogen-bond acceptors (Lipinski definition) is 5. The molecule has 0 radical (unpaired) electrons. The van der Waals surface area contributed by atoms with Gasteiger partial charge in [0.25, 0.3) is 5.91 Å². The first-order chi connectivity index (χ1) is 15.9. The van der Waals surface area contributed by atoms with E-state index in [-0.39, 0.29) is 17.7 Å². The van der Waals surface area contributed by atoms with Crippen LogP contribution in [0.15, 0.2) is 53.0 Å². The summed E-state index contributed by atoms with van der Waals surface area (Å²) in [5.74, 6) is -0.603. The van der Waals surface area contributed by atoms with Gasteiger partial charge in [-0.1, -0.05) is 85.1 Å². The molecule has 0 saturated carbocycles. The molecule has 2 N–H and O–H groups in total. The average molecular weight is 530 g/mol. The number of carbonyl (C=O) groups excluding carboxylic acids is 2. The largest absolute Gasteiger partial charge is 0.340 e. The molecule has 1 aromatic heterocycles. The van der Waals surface area contributed by atoms with Gasteiger partial charge in [0.05, 0.1) is 0 Å². The Labute approximate surface area is 207 Å². The molecule has 2 atom stereocenters. The number of nitrogens with zero attached hydrogens (tertiary/aromatic N) is 2. The summed E-state index contributed by atoms with van der Waals surface area (Å²) < 4.78 is 0.943. The molecule has 2 aromatic carbocycles. The summed E-state index contributed by atoms with van der Waals surface area (Å²) in [4.78, 5) is 25.9. The molecule has 0 aliphatic carbocycles. The Morgan fingerprint density at radius 1 is 1.09 bits per heavy atom. The van der Waals surface area contributed by atoms with Crippen molar-refractivity contribution < 1.29 is 9.59 Å². The molecular formula is C25H29BrN4O2S. The minimum Gasteiger partial charge on any atom is -0.340 e. The smallest absolute Gasteiger partial charge is 0.251 e. The second kappa shape index (κ2) is 12.0. The zero-order valence-electron chi connectivity index (χ0n) is 19.1. The van der Waals surface area contributed by atoms with Crippen LogP contribution in [-0.4, -0.2) is 28.1 Å². The third-order valence-corrected chi connectivity index (χ3v) is 6.92. The number of unbranched alkanes of at least 4 members (excludes halogenated alkanes) is 1. The van der Waals surface area contributed by atoms with Crippen LogP contribution in [0.1, 0.15) is 56.0 Å². The second-order valence-electron chi connectivity index (χ2n) is 8.05. The Morgan fingerprint density at radius 3 is 2.52 bits per heavy atom. The van der Waals surface area contributed by atoms with Crippen LogP contribution in [0.2, 0.25) is 0 Å². The molecule has 0 bridgehead atoms. The Balaban J connectivity index is 1.68. The maximum atomic E-state index is 13.1. The topological polar surface area (TPSA) is 84.0 Å². The highest BCUT2D eigenvalue weighted by atomic mass is 79.9. The minimum atomic E-state index is -0.680. The highest BCUT2D eigenvalue weighted by Gasteiger charge is 2.27. The summed E-state index contributed by atoms with van der Waals surface area (Å²) in [7, 11) is 0.